The van der Waals surface area contributed by atoms with Crippen LogP contribution < -0.4 is 5.32 Å². The Balaban J connectivity index is 2.19. The third kappa shape index (κ3) is 2.26. The Hall–Kier alpha value is -1.58. The largest absolute Gasteiger partial charge is 0.480 e. The van der Waals surface area contributed by atoms with E-state index in [2.05, 4.69) is 10.3 Å². The van der Waals surface area contributed by atoms with Crippen LogP contribution in [0.5, 0.6) is 0 Å². The summed E-state index contributed by atoms with van der Waals surface area (Å²) in [6.07, 6.45) is 6.11. The second-order valence-corrected chi connectivity index (χ2v) is 3.74. The Morgan fingerprint density at radius 1 is 1.47 bits per heavy atom. The van der Waals surface area contributed by atoms with Crippen molar-refractivity contribution in [3.63, 3.8) is 0 Å². The van der Waals surface area contributed by atoms with Crippen LogP contribution in [0.1, 0.15) is 24.1 Å². The second kappa shape index (κ2) is 4.29. The Bertz CT molecular complexity index is 377. The third-order valence-electron chi connectivity index (χ3n) is 2.67. The Kier molecular flexibility index (Phi) is 2.85. The molecule has 0 unspecified atom stereocenters. The summed E-state index contributed by atoms with van der Waals surface area (Å²) >= 11 is 0. The predicted molar refractivity (Wildman–Crippen MR) is 57.0 cm³/mol. The number of hydrogen-bond acceptors (Lipinski definition) is 3. The van der Waals surface area contributed by atoms with E-state index in [-0.39, 0.29) is 6.54 Å². The SMILES string of the molecule is O=C(O)CNc1ccnc2c1CCCC2. The van der Waals surface area contributed by atoms with Gasteiger partial charge in [0.15, 0.2) is 0 Å². The molecule has 4 nitrogen and oxygen atoms in total. The number of nitrogens with zero attached hydrogens (tertiary/aromatic N) is 1. The van der Waals surface area contributed by atoms with E-state index < -0.39 is 5.97 Å². The lowest BCUT2D eigenvalue weighted by Gasteiger charge is -2.18. The molecule has 0 saturated heterocycles. The zero-order chi connectivity index (χ0) is 10.7. The number of carboxylic acid groups (broad SMARTS) is 1. The van der Waals surface area contributed by atoms with Crippen LogP contribution in [0.3, 0.4) is 0 Å². The molecule has 0 radical (unpaired) electrons. The van der Waals surface area contributed by atoms with Gasteiger partial charge in [-0.2, -0.15) is 0 Å². The molecule has 1 heterocycles. The van der Waals surface area contributed by atoms with E-state index in [0.29, 0.717) is 0 Å². The maximum Gasteiger partial charge on any atom is 0.322 e. The highest BCUT2D eigenvalue weighted by Crippen LogP contribution is 2.25. The van der Waals surface area contributed by atoms with E-state index in [9.17, 15) is 4.79 Å². The van der Waals surface area contributed by atoms with Crippen molar-refractivity contribution in [2.45, 2.75) is 25.7 Å². The summed E-state index contributed by atoms with van der Waals surface area (Å²) in [5.74, 6) is -0.837. The van der Waals surface area contributed by atoms with Crippen molar-refractivity contribution in [2.24, 2.45) is 0 Å². The summed E-state index contributed by atoms with van der Waals surface area (Å²) in [6, 6.07) is 1.85. The standard InChI is InChI=1S/C11H14N2O2/c14-11(15)7-13-10-5-6-12-9-4-2-1-3-8(9)10/h5-6H,1-4,7H2,(H,12,13)(H,14,15). The van der Waals surface area contributed by atoms with Crippen LogP contribution in [0.25, 0.3) is 0 Å². The molecule has 1 aliphatic carbocycles. The highest BCUT2D eigenvalue weighted by Gasteiger charge is 2.14. The van der Waals surface area contributed by atoms with Gasteiger partial charge in [-0.05, 0) is 37.3 Å². The molecule has 80 valence electrons. The molecule has 0 amide bonds. The summed E-state index contributed by atoms with van der Waals surface area (Å²) in [5, 5.41) is 11.5. The highest BCUT2D eigenvalue weighted by molar-refractivity contribution is 5.73. The number of aromatic nitrogens is 1. The highest BCUT2D eigenvalue weighted by atomic mass is 16.4. The summed E-state index contributed by atoms with van der Waals surface area (Å²) in [7, 11) is 0. The number of carboxylic acids is 1. The Morgan fingerprint density at radius 3 is 3.07 bits per heavy atom. The van der Waals surface area contributed by atoms with Crippen molar-refractivity contribution in [3.8, 4) is 0 Å². The van der Waals surface area contributed by atoms with Crippen molar-refractivity contribution in [1.82, 2.24) is 4.98 Å². The number of aryl methyl sites for hydroxylation is 1. The molecule has 0 bridgehead atoms. The van der Waals surface area contributed by atoms with Crippen molar-refractivity contribution in [1.29, 1.82) is 0 Å². The topological polar surface area (TPSA) is 62.2 Å². The van der Waals surface area contributed by atoms with Gasteiger partial charge in [-0.1, -0.05) is 0 Å². The molecular weight excluding hydrogens is 192 g/mol. The van der Waals surface area contributed by atoms with Crippen LogP contribution in [-0.4, -0.2) is 22.6 Å². The van der Waals surface area contributed by atoms with E-state index in [1.54, 1.807) is 6.20 Å². The van der Waals surface area contributed by atoms with Crippen LogP contribution in [0.15, 0.2) is 12.3 Å². The fourth-order valence-corrected chi connectivity index (χ4v) is 1.96. The van der Waals surface area contributed by atoms with Gasteiger partial charge in [-0.25, -0.2) is 0 Å². The molecule has 0 fully saturated rings. The van der Waals surface area contributed by atoms with Gasteiger partial charge in [-0.15, -0.1) is 0 Å². The molecule has 1 aromatic rings. The van der Waals surface area contributed by atoms with Gasteiger partial charge in [0.1, 0.15) is 6.54 Å². The molecule has 0 aromatic carbocycles. The first-order valence-electron chi connectivity index (χ1n) is 5.20. The number of anilines is 1. The number of carbonyl (C=O) groups is 1. The first-order valence-corrected chi connectivity index (χ1v) is 5.20. The lowest BCUT2D eigenvalue weighted by atomic mass is 9.95. The van der Waals surface area contributed by atoms with E-state index in [1.165, 1.54) is 18.4 Å². The van der Waals surface area contributed by atoms with Gasteiger partial charge in [0.25, 0.3) is 0 Å². The Morgan fingerprint density at radius 2 is 2.27 bits per heavy atom. The van der Waals surface area contributed by atoms with Crippen LogP contribution >= 0.6 is 0 Å². The average molecular weight is 206 g/mol. The molecule has 15 heavy (non-hydrogen) atoms. The van der Waals surface area contributed by atoms with Gasteiger partial charge in [0.2, 0.25) is 0 Å². The van der Waals surface area contributed by atoms with Crippen molar-refractivity contribution in [3.05, 3.63) is 23.5 Å². The minimum Gasteiger partial charge on any atom is -0.480 e. The smallest absolute Gasteiger partial charge is 0.322 e. The van der Waals surface area contributed by atoms with Crippen LogP contribution in [0.4, 0.5) is 5.69 Å². The monoisotopic (exact) mass is 206 g/mol. The van der Waals surface area contributed by atoms with E-state index in [1.807, 2.05) is 6.07 Å². The number of fused-ring (bicyclic) bond motifs is 1. The number of nitrogens with one attached hydrogen (secondary N) is 1. The van der Waals surface area contributed by atoms with Crippen LogP contribution in [0.2, 0.25) is 0 Å². The number of hydrogen-bond donors (Lipinski definition) is 2. The zero-order valence-electron chi connectivity index (χ0n) is 8.49. The minimum atomic E-state index is -0.837. The predicted octanol–water partition coefficient (Wildman–Crippen LogP) is 1.46. The van der Waals surface area contributed by atoms with E-state index in [0.717, 1.165) is 24.2 Å². The summed E-state index contributed by atoms with van der Waals surface area (Å²) in [6.45, 7) is -0.0313. The Labute approximate surface area is 88.3 Å². The minimum absolute atomic E-state index is 0.0313. The normalized spacial score (nSPS) is 14.4. The quantitative estimate of drug-likeness (QED) is 0.785. The maximum absolute atomic E-state index is 10.5. The summed E-state index contributed by atoms with van der Waals surface area (Å²) in [5.41, 5.74) is 3.25. The molecule has 1 aromatic heterocycles. The third-order valence-corrected chi connectivity index (χ3v) is 2.67. The van der Waals surface area contributed by atoms with Gasteiger partial charge < -0.3 is 10.4 Å². The van der Waals surface area contributed by atoms with Crippen LogP contribution in [0, 0.1) is 0 Å². The van der Waals surface area contributed by atoms with Gasteiger partial charge in [-0.3, -0.25) is 9.78 Å². The number of aliphatic carboxylic acids is 1. The first kappa shape index (κ1) is 9.96. The maximum atomic E-state index is 10.5. The first-order chi connectivity index (χ1) is 7.27. The van der Waals surface area contributed by atoms with Crippen molar-refractivity contribution >= 4 is 11.7 Å². The second-order valence-electron chi connectivity index (χ2n) is 3.74. The molecule has 2 N–H and O–H groups in total. The molecule has 2 rings (SSSR count). The summed E-state index contributed by atoms with van der Waals surface area (Å²) in [4.78, 5) is 14.8. The molecular formula is C11H14N2O2. The lowest BCUT2D eigenvalue weighted by molar-refractivity contribution is -0.134. The van der Waals surface area contributed by atoms with Crippen molar-refractivity contribution in [2.75, 3.05) is 11.9 Å². The fourth-order valence-electron chi connectivity index (χ4n) is 1.96. The fraction of sp³-hybridized carbons (Fsp3) is 0.455. The summed E-state index contributed by atoms with van der Waals surface area (Å²) < 4.78 is 0. The van der Waals surface area contributed by atoms with E-state index >= 15 is 0 Å². The van der Waals surface area contributed by atoms with Gasteiger partial charge in [0.05, 0.1) is 0 Å². The molecule has 0 aliphatic heterocycles. The van der Waals surface area contributed by atoms with Gasteiger partial charge >= 0.3 is 5.97 Å². The molecule has 0 spiro atoms. The van der Waals surface area contributed by atoms with E-state index in [4.69, 9.17) is 5.11 Å². The average Bonchev–Trinajstić information content (AvgIpc) is 2.26. The molecule has 4 heteroatoms. The number of pyridine rings is 1. The van der Waals surface area contributed by atoms with Crippen LogP contribution in [-0.2, 0) is 17.6 Å². The lowest BCUT2D eigenvalue weighted by Crippen LogP contribution is -2.16. The zero-order valence-corrected chi connectivity index (χ0v) is 8.49. The molecule has 0 saturated carbocycles. The molecule has 1 aliphatic rings. The molecule has 0 atom stereocenters. The van der Waals surface area contributed by atoms with Crippen molar-refractivity contribution < 1.29 is 9.90 Å². The van der Waals surface area contributed by atoms with Gasteiger partial charge in [0, 0.05) is 17.6 Å². The number of rotatable bonds is 3.